The molecule has 1 heterocycles. The number of nitrogens with zero attached hydrogens (tertiary/aromatic N) is 1. The van der Waals surface area contributed by atoms with Crippen LogP contribution in [-0.4, -0.2) is 77.7 Å². The van der Waals surface area contributed by atoms with Crippen LogP contribution < -0.4 is 14.2 Å². The Kier molecular flexibility index (Phi) is 6.53. The summed E-state index contributed by atoms with van der Waals surface area (Å²) in [5.74, 6) is -0.342. The SMILES string of the molecule is COc1cc(C(=O)OCC(=O)N(C)[C@H]2CCS(=O)(=O)C2)cc(OC)c1OC. The molecular formula is C17H23NO8S. The van der Waals surface area contributed by atoms with Crippen LogP contribution in [0, 0.1) is 0 Å². The maximum absolute atomic E-state index is 12.3. The van der Waals surface area contributed by atoms with Crippen molar-refractivity contribution in [2.75, 3.05) is 46.5 Å². The first-order valence-electron chi connectivity index (χ1n) is 8.15. The number of rotatable bonds is 7. The van der Waals surface area contributed by atoms with E-state index >= 15 is 0 Å². The molecule has 1 amide bonds. The molecule has 1 atom stereocenters. The summed E-state index contributed by atoms with van der Waals surface area (Å²) in [5, 5.41) is 0. The van der Waals surface area contributed by atoms with Crippen molar-refractivity contribution >= 4 is 21.7 Å². The van der Waals surface area contributed by atoms with Gasteiger partial charge in [-0.05, 0) is 18.6 Å². The van der Waals surface area contributed by atoms with Crippen LogP contribution in [0.2, 0.25) is 0 Å². The first kappa shape index (κ1) is 20.8. The number of ether oxygens (including phenoxy) is 4. The summed E-state index contributed by atoms with van der Waals surface area (Å²) >= 11 is 0. The van der Waals surface area contributed by atoms with Crippen molar-refractivity contribution < 1.29 is 37.0 Å². The standard InChI is InChI=1S/C17H23NO8S/c1-18(12-5-6-27(21,22)10-12)15(19)9-26-17(20)11-7-13(23-2)16(25-4)14(8-11)24-3/h7-8,12H,5-6,9-10H2,1-4H3/t12-/m0/s1. The van der Waals surface area contributed by atoms with Crippen molar-refractivity contribution in [3.05, 3.63) is 17.7 Å². The van der Waals surface area contributed by atoms with Gasteiger partial charge >= 0.3 is 5.97 Å². The van der Waals surface area contributed by atoms with Gasteiger partial charge in [-0.2, -0.15) is 0 Å². The second kappa shape index (κ2) is 8.47. The smallest absolute Gasteiger partial charge is 0.338 e. The van der Waals surface area contributed by atoms with Gasteiger partial charge in [0, 0.05) is 13.1 Å². The Morgan fingerprint density at radius 1 is 1.11 bits per heavy atom. The van der Waals surface area contributed by atoms with E-state index in [9.17, 15) is 18.0 Å². The molecule has 10 heteroatoms. The molecule has 0 aliphatic carbocycles. The Morgan fingerprint density at radius 3 is 2.15 bits per heavy atom. The van der Waals surface area contributed by atoms with Gasteiger partial charge in [0.05, 0.1) is 38.4 Å². The van der Waals surface area contributed by atoms with Crippen molar-refractivity contribution in [3.8, 4) is 17.2 Å². The number of sulfone groups is 1. The fourth-order valence-electron chi connectivity index (χ4n) is 2.80. The number of esters is 1. The Labute approximate surface area is 158 Å². The number of hydrogen-bond donors (Lipinski definition) is 0. The molecule has 1 saturated heterocycles. The second-order valence-electron chi connectivity index (χ2n) is 6.05. The van der Waals surface area contributed by atoms with Crippen molar-refractivity contribution in [1.82, 2.24) is 4.90 Å². The van der Waals surface area contributed by atoms with E-state index < -0.39 is 34.4 Å². The molecule has 0 unspecified atom stereocenters. The zero-order valence-corrected chi connectivity index (χ0v) is 16.5. The van der Waals surface area contributed by atoms with Gasteiger partial charge < -0.3 is 23.8 Å². The van der Waals surface area contributed by atoms with E-state index in [1.54, 1.807) is 0 Å². The van der Waals surface area contributed by atoms with Crippen LogP contribution in [0.1, 0.15) is 16.8 Å². The molecule has 27 heavy (non-hydrogen) atoms. The first-order chi connectivity index (χ1) is 12.7. The Balaban J connectivity index is 2.04. The minimum atomic E-state index is -3.11. The van der Waals surface area contributed by atoms with E-state index in [0.29, 0.717) is 12.2 Å². The van der Waals surface area contributed by atoms with E-state index in [2.05, 4.69) is 0 Å². The highest BCUT2D eigenvalue weighted by Gasteiger charge is 2.33. The third kappa shape index (κ3) is 4.82. The van der Waals surface area contributed by atoms with Gasteiger partial charge in [-0.15, -0.1) is 0 Å². The van der Waals surface area contributed by atoms with Crippen LogP contribution in [0.25, 0.3) is 0 Å². The molecule has 2 rings (SSSR count). The number of carbonyl (C=O) groups excluding carboxylic acids is 2. The average Bonchev–Trinajstić information content (AvgIpc) is 3.03. The van der Waals surface area contributed by atoms with Crippen LogP contribution in [-0.2, 0) is 19.4 Å². The van der Waals surface area contributed by atoms with E-state index in [1.165, 1.54) is 45.4 Å². The Morgan fingerprint density at radius 2 is 1.70 bits per heavy atom. The highest BCUT2D eigenvalue weighted by Crippen LogP contribution is 2.38. The lowest BCUT2D eigenvalue weighted by molar-refractivity contribution is -0.134. The molecule has 1 aromatic carbocycles. The molecule has 1 aliphatic heterocycles. The fourth-order valence-corrected chi connectivity index (χ4v) is 4.57. The average molecular weight is 401 g/mol. The van der Waals surface area contributed by atoms with Crippen LogP contribution in [0.3, 0.4) is 0 Å². The summed E-state index contributed by atoms with van der Waals surface area (Å²) < 4.78 is 43.7. The number of carbonyl (C=O) groups is 2. The molecule has 9 nitrogen and oxygen atoms in total. The van der Waals surface area contributed by atoms with Gasteiger partial charge in [-0.25, -0.2) is 13.2 Å². The molecule has 1 aromatic rings. The zero-order chi connectivity index (χ0) is 20.2. The van der Waals surface area contributed by atoms with E-state index in [0.717, 1.165) is 0 Å². The maximum Gasteiger partial charge on any atom is 0.338 e. The summed E-state index contributed by atoms with van der Waals surface area (Å²) in [6.07, 6.45) is 0.380. The van der Waals surface area contributed by atoms with Crippen molar-refractivity contribution in [2.45, 2.75) is 12.5 Å². The highest BCUT2D eigenvalue weighted by molar-refractivity contribution is 7.91. The normalized spacial score (nSPS) is 17.9. The van der Waals surface area contributed by atoms with Crippen molar-refractivity contribution in [3.63, 3.8) is 0 Å². The lowest BCUT2D eigenvalue weighted by Gasteiger charge is -2.23. The van der Waals surface area contributed by atoms with Gasteiger partial charge in [-0.1, -0.05) is 0 Å². The topological polar surface area (TPSA) is 108 Å². The number of hydrogen-bond acceptors (Lipinski definition) is 8. The van der Waals surface area contributed by atoms with Gasteiger partial charge in [0.25, 0.3) is 5.91 Å². The lowest BCUT2D eigenvalue weighted by atomic mass is 10.2. The highest BCUT2D eigenvalue weighted by atomic mass is 32.2. The number of methoxy groups -OCH3 is 3. The monoisotopic (exact) mass is 401 g/mol. The van der Waals surface area contributed by atoms with Gasteiger partial charge in [0.15, 0.2) is 27.9 Å². The molecule has 1 fully saturated rings. The predicted octanol–water partition coefficient (Wildman–Crippen LogP) is 0.515. The molecule has 150 valence electrons. The molecule has 0 bridgehead atoms. The molecule has 0 aromatic heterocycles. The third-order valence-electron chi connectivity index (χ3n) is 4.38. The Bertz CT molecular complexity index is 795. The third-order valence-corrected chi connectivity index (χ3v) is 6.13. The number of amides is 1. The summed E-state index contributed by atoms with van der Waals surface area (Å²) in [6, 6.07) is 2.44. The van der Waals surface area contributed by atoms with Crippen LogP contribution in [0.5, 0.6) is 17.2 Å². The van der Waals surface area contributed by atoms with E-state index in [-0.39, 0.29) is 28.6 Å². The first-order valence-corrected chi connectivity index (χ1v) is 9.97. The quantitative estimate of drug-likeness (QED) is 0.608. The zero-order valence-electron chi connectivity index (χ0n) is 15.7. The fraction of sp³-hybridized carbons (Fsp3) is 0.529. The largest absolute Gasteiger partial charge is 0.493 e. The van der Waals surface area contributed by atoms with Gasteiger partial charge in [0.2, 0.25) is 5.75 Å². The minimum Gasteiger partial charge on any atom is -0.493 e. The molecule has 0 N–H and O–H groups in total. The molecule has 0 spiro atoms. The maximum atomic E-state index is 12.3. The lowest BCUT2D eigenvalue weighted by Crippen LogP contribution is -2.40. The van der Waals surface area contributed by atoms with E-state index in [4.69, 9.17) is 18.9 Å². The summed E-state index contributed by atoms with van der Waals surface area (Å²) in [4.78, 5) is 25.8. The predicted molar refractivity (Wildman–Crippen MR) is 96.2 cm³/mol. The number of likely N-dealkylation sites (N-methyl/N-ethyl adjacent to an activating group) is 1. The number of benzene rings is 1. The van der Waals surface area contributed by atoms with Crippen molar-refractivity contribution in [2.24, 2.45) is 0 Å². The van der Waals surface area contributed by atoms with E-state index in [1.807, 2.05) is 0 Å². The summed E-state index contributed by atoms with van der Waals surface area (Å²) in [6.45, 7) is -0.497. The second-order valence-corrected chi connectivity index (χ2v) is 8.28. The van der Waals surface area contributed by atoms with Gasteiger partial charge in [-0.3, -0.25) is 4.79 Å². The summed E-state index contributed by atoms with van der Waals surface area (Å²) in [7, 11) is 2.66. The van der Waals surface area contributed by atoms with Crippen LogP contribution >= 0.6 is 0 Å². The molecule has 1 aliphatic rings. The Hall–Kier alpha value is -2.49. The molecule has 0 radical (unpaired) electrons. The summed E-state index contributed by atoms with van der Waals surface area (Å²) in [5.41, 5.74) is 0.128. The minimum absolute atomic E-state index is 0.0561. The molecular weight excluding hydrogens is 378 g/mol. The van der Waals surface area contributed by atoms with Crippen LogP contribution in [0.4, 0.5) is 0 Å². The van der Waals surface area contributed by atoms with Crippen molar-refractivity contribution in [1.29, 1.82) is 0 Å². The van der Waals surface area contributed by atoms with Crippen LogP contribution in [0.15, 0.2) is 12.1 Å². The molecule has 0 saturated carbocycles. The van der Waals surface area contributed by atoms with Gasteiger partial charge in [0.1, 0.15) is 0 Å².